The number of amides is 4. The van der Waals surface area contributed by atoms with E-state index in [9.17, 15) is 14.4 Å². The highest BCUT2D eigenvalue weighted by molar-refractivity contribution is 14.1. The van der Waals surface area contributed by atoms with Gasteiger partial charge in [0.25, 0.3) is 5.91 Å². The van der Waals surface area contributed by atoms with Crippen LogP contribution in [0, 0.1) is 3.57 Å². The lowest BCUT2D eigenvalue weighted by Gasteiger charge is -2.32. The van der Waals surface area contributed by atoms with Crippen molar-refractivity contribution in [2.24, 2.45) is 0 Å². The molecule has 1 saturated heterocycles. The Hall–Kier alpha value is -2.42. The number of carbonyl (C=O) groups is 3. The van der Waals surface area contributed by atoms with Gasteiger partial charge in [-0.2, -0.15) is 0 Å². The van der Waals surface area contributed by atoms with Crippen LogP contribution >= 0.6 is 22.6 Å². The van der Waals surface area contributed by atoms with Gasteiger partial charge in [-0.1, -0.05) is 30.3 Å². The molecular weight excluding hydrogens is 457 g/mol. The third-order valence-corrected chi connectivity index (χ3v) is 5.76. The molecule has 2 aromatic rings. The largest absolute Gasteiger partial charge is 0.325 e. The summed E-state index contributed by atoms with van der Waals surface area (Å²) in [4.78, 5) is 38.8. The number of imide groups is 1. The third kappa shape index (κ3) is 3.43. The Kier molecular flexibility index (Phi) is 4.63. The Bertz CT molecular complexity index is 946. The molecule has 7 heteroatoms. The summed E-state index contributed by atoms with van der Waals surface area (Å²) >= 11 is 2.15. The van der Waals surface area contributed by atoms with Gasteiger partial charge in [0.15, 0.2) is 0 Å². The van der Waals surface area contributed by atoms with Crippen molar-refractivity contribution in [3.63, 3.8) is 0 Å². The molecule has 2 aliphatic rings. The van der Waals surface area contributed by atoms with Crippen LogP contribution in [-0.4, -0.2) is 34.8 Å². The van der Waals surface area contributed by atoms with Gasteiger partial charge in [-0.05, 0) is 64.8 Å². The number of hydrogen-bond acceptors (Lipinski definition) is 3. The van der Waals surface area contributed by atoms with Crippen molar-refractivity contribution in [2.75, 3.05) is 11.9 Å². The summed E-state index contributed by atoms with van der Waals surface area (Å²) in [6, 6.07) is 14.8. The number of urea groups is 1. The molecule has 6 nitrogen and oxygen atoms in total. The highest BCUT2D eigenvalue weighted by Crippen LogP contribution is 2.33. The number of halogens is 1. The van der Waals surface area contributed by atoms with Crippen molar-refractivity contribution in [2.45, 2.75) is 24.8 Å². The fraction of sp³-hybridized carbons (Fsp3) is 0.250. The topological polar surface area (TPSA) is 78.5 Å². The van der Waals surface area contributed by atoms with Crippen LogP contribution in [-0.2, 0) is 22.4 Å². The number of nitrogens with zero attached hydrogens (tertiary/aromatic N) is 1. The van der Waals surface area contributed by atoms with Crippen LogP contribution in [0.1, 0.15) is 17.5 Å². The van der Waals surface area contributed by atoms with Crippen LogP contribution in [0.15, 0.2) is 48.5 Å². The molecule has 0 radical (unpaired) electrons. The van der Waals surface area contributed by atoms with Gasteiger partial charge in [0, 0.05) is 15.7 Å². The van der Waals surface area contributed by atoms with Crippen molar-refractivity contribution in [3.05, 3.63) is 63.2 Å². The highest BCUT2D eigenvalue weighted by atomic mass is 127. The molecule has 1 aliphatic carbocycles. The molecule has 27 heavy (non-hydrogen) atoms. The van der Waals surface area contributed by atoms with E-state index in [1.54, 1.807) is 6.07 Å². The first-order valence-corrected chi connectivity index (χ1v) is 9.81. The van der Waals surface area contributed by atoms with Gasteiger partial charge in [-0.3, -0.25) is 14.5 Å². The zero-order valence-electron chi connectivity index (χ0n) is 14.5. The standard InChI is InChI=1S/C20H18IN3O3/c21-15-6-3-7-16(10-15)22-17(25)12-24-18(26)20(23-19(24)27)9-8-13-4-1-2-5-14(13)11-20/h1-7,10H,8-9,11-12H2,(H,22,25)(H,23,27). The Labute approximate surface area is 170 Å². The number of carbonyl (C=O) groups excluding carboxylic acids is 3. The summed E-state index contributed by atoms with van der Waals surface area (Å²) in [5.74, 6) is -0.714. The average Bonchev–Trinajstić information content (AvgIpc) is 2.85. The maximum absolute atomic E-state index is 13.0. The second-order valence-corrected chi connectivity index (χ2v) is 8.15. The van der Waals surface area contributed by atoms with E-state index in [2.05, 4.69) is 39.3 Å². The lowest BCUT2D eigenvalue weighted by atomic mass is 9.78. The van der Waals surface area contributed by atoms with E-state index in [0.29, 0.717) is 18.5 Å². The van der Waals surface area contributed by atoms with Crippen molar-refractivity contribution < 1.29 is 14.4 Å². The maximum Gasteiger partial charge on any atom is 0.325 e. The third-order valence-electron chi connectivity index (χ3n) is 5.09. The molecule has 0 aromatic heterocycles. The van der Waals surface area contributed by atoms with Gasteiger partial charge in [0.1, 0.15) is 12.1 Å². The first kappa shape index (κ1) is 18.0. The van der Waals surface area contributed by atoms with E-state index in [0.717, 1.165) is 20.5 Å². The van der Waals surface area contributed by atoms with Crippen LogP contribution < -0.4 is 10.6 Å². The molecule has 0 bridgehead atoms. The molecule has 2 aromatic carbocycles. The maximum atomic E-state index is 13.0. The van der Waals surface area contributed by atoms with Crippen molar-refractivity contribution in [3.8, 4) is 0 Å². The van der Waals surface area contributed by atoms with Crippen LogP contribution in [0.25, 0.3) is 0 Å². The molecule has 4 amide bonds. The van der Waals surface area contributed by atoms with E-state index in [-0.39, 0.29) is 12.5 Å². The number of fused-ring (bicyclic) bond motifs is 1. The molecule has 1 unspecified atom stereocenters. The molecular formula is C20H18IN3O3. The number of benzene rings is 2. The SMILES string of the molecule is O=C(CN1C(=O)NC2(CCc3ccccc3C2)C1=O)Nc1cccc(I)c1. The summed E-state index contributed by atoms with van der Waals surface area (Å²) < 4.78 is 0.986. The Morgan fingerprint density at radius 1 is 1.15 bits per heavy atom. The first-order valence-electron chi connectivity index (χ1n) is 8.73. The fourth-order valence-corrected chi connectivity index (χ4v) is 4.30. The summed E-state index contributed by atoms with van der Waals surface area (Å²) in [5, 5.41) is 5.58. The highest BCUT2D eigenvalue weighted by Gasteiger charge is 2.52. The summed E-state index contributed by atoms with van der Waals surface area (Å²) in [5.41, 5.74) is 1.98. The Balaban J connectivity index is 1.48. The van der Waals surface area contributed by atoms with Crippen LogP contribution in [0.4, 0.5) is 10.5 Å². The first-order chi connectivity index (χ1) is 13.0. The van der Waals surface area contributed by atoms with Crippen LogP contribution in [0.5, 0.6) is 0 Å². The lowest BCUT2D eigenvalue weighted by Crippen LogP contribution is -2.51. The molecule has 1 atom stereocenters. The number of nitrogens with one attached hydrogen (secondary N) is 2. The molecule has 1 aliphatic heterocycles. The average molecular weight is 475 g/mol. The smallest absolute Gasteiger partial charge is 0.324 e. The molecule has 2 N–H and O–H groups in total. The van der Waals surface area contributed by atoms with E-state index < -0.39 is 17.5 Å². The van der Waals surface area contributed by atoms with E-state index in [1.807, 2.05) is 36.4 Å². The number of rotatable bonds is 3. The number of aryl methyl sites for hydroxylation is 1. The second kappa shape index (κ2) is 6.95. The zero-order valence-corrected chi connectivity index (χ0v) is 16.7. The van der Waals surface area contributed by atoms with Crippen LogP contribution in [0.3, 0.4) is 0 Å². The number of anilines is 1. The zero-order chi connectivity index (χ0) is 19.0. The molecule has 138 valence electrons. The normalized spacial score (nSPS) is 21.1. The van der Waals surface area contributed by atoms with Crippen molar-refractivity contribution in [1.82, 2.24) is 10.2 Å². The van der Waals surface area contributed by atoms with E-state index >= 15 is 0 Å². The van der Waals surface area contributed by atoms with Crippen LogP contribution in [0.2, 0.25) is 0 Å². The lowest BCUT2D eigenvalue weighted by molar-refractivity contribution is -0.134. The monoisotopic (exact) mass is 475 g/mol. The van der Waals surface area contributed by atoms with Gasteiger partial charge in [-0.25, -0.2) is 4.79 Å². The molecule has 4 rings (SSSR count). The molecule has 0 saturated carbocycles. The molecule has 1 heterocycles. The van der Waals surface area contributed by atoms with Gasteiger partial charge in [0.2, 0.25) is 5.91 Å². The molecule has 1 fully saturated rings. The summed E-state index contributed by atoms with van der Waals surface area (Å²) in [6.07, 6.45) is 1.73. The second-order valence-electron chi connectivity index (χ2n) is 6.91. The van der Waals surface area contributed by atoms with Gasteiger partial charge < -0.3 is 10.6 Å². The minimum Gasteiger partial charge on any atom is -0.324 e. The van der Waals surface area contributed by atoms with Gasteiger partial charge >= 0.3 is 6.03 Å². The Morgan fingerprint density at radius 2 is 1.93 bits per heavy atom. The quantitative estimate of drug-likeness (QED) is 0.530. The van der Waals surface area contributed by atoms with Gasteiger partial charge in [0.05, 0.1) is 0 Å². The van der Waals surface area contributed by atoms with Crippen molar-refractivity contribution in [1.29, 1.82) is 0 Å². The summed E-state index contributed by atoms with van der Waals surface area (Å²) in [6.45, 7) is -0.292. The van der Waals surface area contributed by atoms with E-state index in [1.165, 1.54) is 5.56 Å². The predicted octanol–water partition coefficient (Wildman–Crippen LogP) is 2.71. The Morgan fingerprint density at radius 3 is 2.70 bits per heavy atom. The van der Waals surface area contributed by atoms with E-state index in [4.69, 9.17) is 0 Å². The molecule has 1 spiro atoms. The minimum atomic E-state index is -0.937. The predicted molar refractivity (Wildman–Crippen MR) is 109 cm³/mol. The van der Waals surface area contributed by atoms with Gasteiger partial charge in [-0.15, -0.1) is 0 Å². The number of hydrogen-bond donors (Lipinski definition) is 2. The fourth-order valence-electron chi connectivity index (χ4n) is 3.75. The minimum absolute atomic E-state index is 0.292. The van der Waals surface area contributed by atoms with Crippen molar-refractivity contribution >= 4 is 46.1 Å². The summed E-state index contributed by atoms with van der Waals surface area (Å²) in [7, 11) is 0.